The molecule has 200 valence electrons. The first-order valence-electron chi connectivity index (χ1n) is 12.7. The fourth-order valence-electron chi connectivity index (χ4n) is 4.59. The number of carbonyl (C=O) groups excluding carboxylic acids is 4. The number of quaternary nitrogens is 1. The molecule has 0 spiro atoms. The van der Waals surface area contributed by atoms with E-state index in [2.05, 4.69) is 12.4 Å². The molecule has 0 aliphatic carbocycles. The van der Waals surface area contributed by atoms with Crippen molar-refractivity contribution in [3.8, 4) is 0 Å². The maximum Gasteiger partial charge on any atom is 0.338 e. The van der Waals surface area contributed by atoms with Crippen LogP contribution in [0.4, 0.5) is 11.4 Å². The van der Waals surface area contributed by atoms with Crippen LogP contribution in [0.15, 0.2) is 59.3 Å². The molecule has 0 unspecified atom stereocenters. The van der Waals surface area contributed by atoms with Crippen LogP contribution in [0.5, 0.6) is 0 Å². The van der Waals surface area contributed by atoms with Crippen LogP contribution < -0.4 is 15.1 Å². The molecule has 2 aliphatic heterocycles. The summed E-state index contributed by atoms with van der Waals surface area (Å²) >= 11 is 6.26. The smallest absolute Gasteiger partial charge is 0.338 e. The minimum Gasteiger partial charge on any atom is -0.462 e. The average molecular weight is 540 g/mol. The van der Waals surface area contributed by atoms with Gasteiger partial charge in [0.15, 0.2) is 0 Å². The fraction of sp³-hybridized carbons (Fsp3) is 0.357. The predicted octanol–water partition coefficient (Wildman–Crippen LogP) is 2.44. The minimum absolute atomic E-state index is 0.0611. The predicted molar refractivity (Wildman–Crippen MR) is 144 cm³/mol. The largest absolute Gasteiger partial charge is 0.462 e. The molecule has 2 aromatic carbocycles. The maximum atomic E-state index is 13.2. The summed E-state index contributed by atoms with van der Waals surface area (Å²) in [5, 5.41) is 2.65. The van der Waals surface area contributed by atoms with Crippen molar-refractivity contribution in [1.82, 2.24) is 4.90 Å². The quantitative estimate of drug-likeness (QED) is 0.395. The van der Waals surface area contributed by atoms with Crippen molar-refractivity contribution in [2.45, 2.75) is 32.2 Å². The molecule has 10 heteroatoms. The maximum absolute atomic E-state index is 13.2. The van der Waals surface area contributed by atoms with Gasteiger partial charge in [0, 0.05) is 37.2 Å². The van der Waals surface area contributed by atoms with Crippen molar-refractivity contribution in [3.63, 3.8) is 0 Å². The topological polar surface area (TPSA) is 100 Å². The van der Waals surface area contributed by atoms with Crippen molar-refractivity contribution < 1.29 is 28.8 Å². The van der Waals surface area contributed by atoms with Gasteiger partial charge in [-0.15, -0.1) is 0 Å². The average Bonchev–Trinajstić information content (AvgIpc) is 3.14. The second kappa shape index (κ2) is 11.8. The molecular formula is C28H32ClN4O5+. The summed E-state index contributed by atoms with van der Waals surface area (Å²) in [6.45, 7) is 4.23. The highest BCUT2D eigenvalue weighted by atomic mass is 35.5. The summed E-state index contributed by atoms with van der Waals surface area (Å²) in [6, 6.07) is 13.0. The Morgan fingerprint density at radius 1 is 1.08 bits per heavy atom. The van der Waals surface area contributed by atoms with Crippen molar-refractivity contribution in [2.75, 3.05) is 44.0 Å². The number of amides is 3. The first-order chi connectivity index (χ1) is 18.2. The molecule has 3 amide bonds. The van der Waals surface area contributed by atoms with E-state index in [4.69, 9.17) is 16.3 Å². The number of hydrogen-bond acceptors (Lipinski definition) is 6. The van der Waals surface area contributed by atoms with Gasteiger partial charge in [0.05, 0.1) is 38.0 Å². The summed E-state index contributed by atoms with van der Waals surface area (Å²) in [7, 11) is 4.00. The van der Waals surface area contributed by atoms with Crippen LogP contribution in [0.3, 0.4) is 0 Å². The number of carbonyl (C=O) groups is 4. The molecule has 2 aromatic rings. The molecule has 9 nitrogen and oxygen atoms in total. The molecule has 38 heavy (non-hydrogen) atoms. The van der Waals surface area contributed by atoms with E-state index >= 15 is 0 Å². The fourth-order valence-corrected chi connectivity index (χ4v) is 4.80. The number of imide groups is 1. The summed E-state index contributed by atoms with van der Waals surface area (Å²) in [5.74, 6) is -1.95. The van der Waals surface area contributed by atoms with Gasteiger partial charge in [0.2, 0.25) is 0 Å². The number of esters is 1. The summed E-state index contributed by atoms with van der Waals surface area (Å²) < 4.78 is 5.15. The molecule has 2 heterocycles. The zero-order valence-electron chi connectivity index (χ0n) is 21.8. The molecule has 2 aliphatic rings. The van der Waals surface area contributed by atoms with E-state index in [0.29, 0.717) is 17.7 Å². The van der Waals surface area contributed by atoms with Crippen LogP contribution in [0.1, 0.15) is 46.9 Å². The Labute approximate surface area is 227 Å². The van der Waals surface area contributed by atoms with Gasteiger partial charge in [-0.3, -0.25) is 14.4 Å². The SMILES string of the molecule is CCCOC(=O)c1cccc(N2C(=O)C(Cl)=C(Nc3ccc(C(=O)N(C)C4CC[NH+](C)CC4)cc3)C2=O)c1. The van der Waals surface area contributed by atoms with Crippen molar-refractivity contribution >= 4 is 46.7 Å². The van der Waals surface area contributed by atoms with E-state index in [0.717, 1.165) is 30.8 Å². The van der Waals surface area contributed by atoms with E-state index < -0.39 is 17.8 Å². The van der Waals surface area contributed by atoms with Gasteiger partial charge in [-0.1, -0.05) is 24.6 Å². The Morgan fingerprint density at radius 3 is 2.42 bits per heavy atom. The Bertz CT molecular complexity index is 1270. The van der Waals surface area contributed by atoms with E-state index in [9.17, 15) is 19.2 Å². The second-order valence-electron chi connectivity index (χ2n) is 9.63. The molecular weight excluding hydrogens is 508 g/mol. The normalized spacial score (nSPS) is 19.5. The van der Waals surface area contributed by atoms with Crippen LogP contribution in [0.2, 0.25) is 0 Å². The second-order valence-corrected chi connectivity index (χ2v) is 10.0. The first-order valence-corrected chi connectivity index (χ1v) is 13.1. The van der Waals surface area contributed by atoms with Gasteiger partial charge in [0.25, 0.3) is 17.7 Å². The van der Waals surface area contributed by atoms with Gasteiger partial charge in [-0.05, 0) is 48.9 Å². The third kappa shape index (κ3) is 5.74. The lowest BCUT2D eigenvalue weighted by Gasteiger charge is -2.33. The zero-order chi connectivity index (χ0) is 27.4. The molecule has 4 rings (SSSR count). The zero-order valence-corrected chi connectivity index (χ0v) is 22.5. The molecule has 2 N–H and O–H groups in total. The van der Waals surface area contributed by atoms with Gasteiger partial charge in [-0.25, -0.2) is 9.69 Å². The number of likely N-dealkylation sites (tertiary alicyclic amines) is 1. The lowest BCUT2D eigenvalue weighted by molar-refractivity contribution is -0.885. The molecule has 1 saturated heterocycles. The third-order valence-corrected chi connectivity index (χ3v) is 7.23. The lowest BCUT2D eigenvalue weighted by atomic mass is 10.0. The van der Waals surface area contributed by atoms with Gasteiger partial charge < -0.3 is 19.9 Å². The lowest BCUT2D eigenvalue weighted by Crippen LogP contribution is -3.10. The third-order valence-electron chi connectivity index (χ3n) is 6.88. The summed E-state index contributed by atoms with van der Waals surface area (Å²) in [5.41, 5.74) is 1.38. The van der Waals surface area contributed by atoms with Crippen LogP contribution in [0.25, 0.3) is 0 Å². The van der Waals surface area contributed by atoms with Crippen LogP contribution in [-0.4, -0.2) is 68.4 Å². The van der Waals surface area contributed by atoms with Gasteiger partial charge >= 0.3 is 5.97 Å². The molecule has 1 fully saturated rings. The Balaban J connectivity index is 1.45. The van der Waals surface area contributed by atoms with E-state index in [1.165, 1.54) is 11.0 Å². The van der Waals surface area contributed by atoms with Gasteiger partial charge in [-0.2, -0.15) is 0 Å². The van der Waals surface area contributed by atoms with E-state index in [1.807, 2.05) is 14.0 Å². The molecule has 0 aromatic heterocycles. The number of rotatable bonds is 8. The Hall–Kier alpha value is -3.69. The van der Waals surface area contributed by atoms with Crippen LogP contribution in [0, 0.1) is 0 Å². The van der Waals surface area contributed by atoms with Crippen molar-refractivity contribution in [3.05, 3.63) is 70.4 Å². The number of anilines is 2. The van der Waals surface area contributed by atoms with Crippen LogP contribution in [-0.2, 0) is 14.3 Å². The molecule has 0 atom stereocenters. The number of halogens is 1. The monoisotopic (exact) mass is 539 g/mol. The van der Waals surface area contributed by atoms with Crippen molar-refractivity contribution in [2.24, 2.45) is 0 Å². The highest BCUT2D eigenvalue weighted by molar-refractivity contribution is 6.53. The highest BCUT2D eigenvalue weighted by Gasteiger charge is 2.39. The standard InChI is InChI=1S/C28H31ClN4O5/c1-4-16-38-28(37)19-6-5-7-22(17-19)33-26(35)23(29)24(27(33)36)30-20-10-8-18(9-11-20)25(34)32(3)21-12-14-31(2)15-13-21/h5-11,17,21,30H,4,12-16H2,1-3H3/p+1. The number of hydrogen-bond donors (Lipinski definition) is 2. The van der Waals surface area contributed by atoms with Crippen LogP contribution >= 0.6 is 11.6 Å². The number of nitrogens with zero attached hydrogens (tertiary/aromatic N) is 2. The first kappa shape index (κ1) is 27.3. The Kier molecular flexibility index (Phi) is 8.48. The minimum atomic E-state index is -0.702. The van der Waals surface area contributed by atoms with Gasteiger partial charge in [0.1, 0.15) is 10.7 Å². The number of piperidine rings is 1. The highest BCUT2D eigenvalue weighted by Crippen LogP contribution is 2.31. The summed E-state index contributed by atoms with van der Waals surface area (Å²) in [6.07, 6.45) is 2.61. The van der Waals surface area contributed by atoms with E-state index in [-0.39, 0.29) is 40.5 Å². The number of benzene rings is 2. The Morgan fingerprint density at radius 2 is 1.76 bits per heavy atom. The summed E-state index contributed by atoms with van der Waals surface area (Å²) in [4.78, 5) is 55.5. The number of ether oxygens (including phenoxy) is 1. The van der Waals surface area contributed by atoms with Crippen molar-refractivity contribution in [1.29, 1.82) is 0 Å². The molecule has 0 bridgehead atoms. The molecule has 0 saturated carbocycles. The molecule has 0 radical (unpaired) electrons. The van der Waals surface area contributed by atoms with E-state index in [1.54, 1.807) is 47.4 Å². The number of nitrogens with one attached hydrogen (secondary N) is 2.